The van der Waals surface area contributed by atoms with Crippen molar-refractivity contribution >= 4 is 33.4 Å². The first-order valence-corrected chi connectivity index (χ1v) is 7.81. The highest BCUT2D eigenvalue weighted by Gasteiger charge is 2.16. The fourth-order valence-corrected chi connectivity index (χ4v) is 2.12. The van der Waals surface area contributed by atoms with Gasteiger partial charge in [0.2, 0.25) is 0 Å². The lowest BCUT2D eigenvalue weighted by Crippen LogP contribution is -2.41. The van der Waals surface area contributed by atoms with Crippen LogP contribution in [0.1, 0.15) is 26.7 Å². The maximum Gasteiger partial charge on any atom is 0.260 e. The average molecular weight is 349 g/mol. The van der Waals surface area contributed by atoms with Crippen molar-refractivity contribution in [3.63, 3.8) is 0 Å². The molecule has 3 nitrogen and oxygen atoms in total. The average Bonchev–Trinajstić information content (AvgIpc) is 2.36. The van der Waals surface area contributed by atoms with Gasteiger partial charge in [-0.1, -0.05) is 33.6 Å². The van der Waals surface area contributed by atoms with Gasteiger partial charge in [0.05, 0.1) is 0 Å². The quantitative estimate of drug-likeness (QED) is 0.761. The molecule has 2 atom stereocenters. The minimum atomic E-state index is -0.537. The fraction of sp³-hybridized carbons (Fsp3) is 0.500. The van der Waals surface area contributed by atoms with Crippen LogP contribution in [0.2, 0.25) is 5.02 Å². The minimum Gasteiger partial charge on any atom is -0.481 e. The van der Waals surface area contributed by atoms with Gasteiger partial charge in [-0.05, 0) is 44.9 Å². The third-order valence-corrected chi connectivity index (χ3v) is 3.43. The highest BCUT2D eigenvalue weighted by molar-refractivity contribution is 9.09. The number of alkyl halides is 1. The minimum absolute atomic E-state index is 0.109. The molecule has 1 amide bonds. The number of benzene rings is 1. The molecule has 0 saturated carbocycles. The van der Waals surface area contributed by atoms with Crippen LogP contribution in [0.5, 0.6) is 5.75 Å². The van der Waals surface area contributed by atoms with E-state index in [2.05, 4.69) is 21.2 Å². The highest BCUT2D eigenvalue weighted by atomic mass is 79.9. The number of hydrogen-bond acceptors (Lipinski definition) is 2. The number of nitrogens with one attached hydrogen (secondary N) is 1. The summed E-state index contributed by atoms with van der Waals surface area (Å²) in [6.07, 6.45) is 1.44. The van der Waals surface area contributed by atoms with E-state index in [1.165, 1.54) is 0 Å². The van der Waals surface area contributed by atoms with Crippen molar-refractivity contribution in [1.82, 2.24) is 5.32 Å². The number of carbonyl (C=O) groups excluding carboxylic acids is 1. The first-order valence-electron chi connectivity index (χ1n) is 6.31. The Hall–Kier alpha value is -0.740. The molecule has 0 fully saturated rings. The lowest BCUT2D eigenvalue weighted by molar-refractivity contribution is -0.127. The van der Waals surface area contributed by atoms with Crippen molar-refractivity contribution in [2.24, 2.45) is 0 Å². The fourth-order valence-electron chi connectivity index (χ4n) is 1.61. The van der Waals surface area contributed by atoms with Crippen LogP contribution in [0.25, 0.3) is 0 Å². The zero-order valence-corrected chi connectivity index (χ0v) is 13.5. The van der Waals surface area contributed by atoms with Crippen molar-refractivity contribution in [3.05, 3.63) is 29.3 Å². The van der Waals surface area contributed by atoms with Crippen LogP contribution in [-0.4, -0.2) is 23.4 Å². The summed E-state index contributed by atoms with van der Waals surface area (Å²) in [4.78, 5) is 11.9. The summed E-state index contributed by atoms with van der Waals surface area (Å²) >= 11 is 9.24. The van der Waals surface area contributed by atoms with Gasteiger partial charge >= 0.3 is 0 Å². The molecule has 0 aliphatic rings. The molecule has 1 aromatic carbocycles. The van der Waals surface area contributed by atoms with Crippen LogP contribution >= 0.6 is 27.5 Å². The van der Waals surface area contributed by atoms with E-state index in [0.29, 0.717) is 10.8 Å². The maximum absolute atomic E-state index is 11.9. The summed E-state index contributed by atoms with van der Waals surface area (Å²) < 4.78 is 5.56. The molecule has 0 bridgehead atoms. The molecule has 0 aliphatic carbocycles. The van der Waals surface area contributed by atoms with E-state index in [1.54, 1.807) is 31.2 Å². The predicted molar refractivity (Wildman–Crippen MR) is 82.2 cm³/mol. The molecule has 0 spiro atoms. The Morgan fingerprint density at radius 2 is 2.21 bits per heavy atom. The first-order chi connectivity index (χ1) is 9.02. The van der Waals surface area contributed by atoms with E-state index < -0.39 is 6.10 Å². The van der Waals surface area contributed by atoms with Gasteiger partial charge in [-0.25, -0.2) is 0 Å². The van der Waals surface area contributed by atoms with Crippen LogP contribution in [0.4, 0.5) is 0 Å². The summed E-state index contributed by atoms with van der Waals surface area (Å²) in [5.74, 6) is 0.491. The molecule has 1 N–H and O–H groups in total. The number of ether oxygens (including phenoxy) is 1. The Bertz CT molecular complexity index is 414. The maximum atomic E-state index is 11.9. The number of halogens is 2. The monoisotopic (exact) mass is 347 g/mol. The van der Waals surface area contributed by atoms with Gasteiger partial charge in [0.1, 0.15) is 5.75 Å². The Morgan fingerprint density at radius 1 is 1.47 bits per heavy atom. The molecule has 106 valence electrons. The summed E-state index contributed by atoms with van der Waals surface area (Å²) in [5, 5.41) is 4.47. The molecule has 2 unspecified atom stereocenters. The molecule has 0 saturated heterocycles. The van der Waals surface area contributed by atoms with E-state index in [9.17, 15) is 4.79 Å². The van der Waals surface area contributed by atoms with Gasteiger partial charge in [0.25, 0.3) is 5.91 Å². The first kappa shape index (κ1) is 16.3. The zero-order chi connectivity index (χ0) is 14.3. The molecular formula is C14H19BrClNO2. The van der Waals surface area contributed by atoms with Gasteiger partial charge in [-0.2, -0.15) is 0 Å². The van der Waals surface area contributed by atoms with E-state index in [4.69, 9.17) is 16.3 Å². The number of hydrogen-bond donors (Lipinski definition) is 1. The highest BCUT2D eigenvalue weighted by Crippen LogP contribution is 2.18. The van der Waals surface area contributed by atoms with E-state index in [-0.39, 0.29) is 11.9 Å². The van der Waals surface area contributed by atoms with Crippen LogP contribution in [0.3, 0.4) is 0 Å². The molecule has 0 aliphatic heterocycles. The lowest BCUT2D eigenvalue weighted by atomic mass is 10.2. The normalized spacial score (nSPS) is 13.7. The molecule has 1 aromatic rings. The van der Waals surface area contributed by atoms with Gasteiger partial charge in [0.15, 0.2) is 6.10 Å². The van der Waals surface area contributed by atoms with Crippen LogP contribution in [0, 0.1) is 0 Å². The summed E-state index contributed by atoms with van der Waals surface area (Å²) in [7, 11) is 0. The second-order valence-corrected chi connectivity index (χ2v) is 5.69. The number of carbonyl (C=O) groups is 1. The van der Waals surface area contributed by atoms with Crippen molar-refractivity contribution in [3.8, 4) is 5.75 Å². The number of amides is 1. The third kappa shape index (κ3) is 6.30. The Balaban J connectivity index is 2.44. The van der Waals surface area contributed by atoms with E-state index in [1.807, 2.05) is 6.92 Å². The smallest absolute Gasteiger partial charge is 0.260 e. The Morgan fingerprint density at radius 3 is 2.84 bits per heavy atom. The number of rotatable bonds is 7. The molecule has 5 heteroatoms. The zero-order valence-electron chi connectivity index (χ0n) is 11.2. The van der Waals surface area contributed by atoms with Gasteiger partial charge in [0, 0.05) is 16.4 Å². The molecule has 0 heterocycles. The van der Waals surface area contributed by atoms with Crippen molar-refractivity contribution in [1.29, 1.82) is 0 Å². The van der Waals surface area contributed by atoms with E-state index in [0.717, 1.165) is 18.2 Å². The standard InChI is InChI=1S/C14H19BrClNO2/c1-10(5-4-8-15)17-14(18)11(2)19-13-7-3-6-12(16)9-13/h3,6-7,9-11H,4-5,8H2,1-2H3,(H,17,18). The van der Waals surface area contributed by atoms with E-state index >= 15 is 0 Å². The Kier molecular flexibility index (Phi) is 7.24. The van der Waals surface area contributed by atoms with Gasteiger partial charge in [-0.3, -0.25) is 4.79 Å². The second-order valence-electron chi connectivity index (χ2n) is 4.46. The van der Waals surface area contributed by atoms with Gasteiger partial charge in [-0.15, -0.1) is 0 Å². The van der Waals surface area contributed by atoms with Crippen LogP contribution < -0.4 is 10.1 Å². The van der Waals surface area contributed by atoms with Crippen LogP contribution in [-0.2, 0) is 4.79 Å². The summed E-state index contributed by atoms with van der Waals surface area (Å²) in [6, 6.07) is 7.18. The van der Waals surface area contributed by atoms with Crippen molar-refractivity contribution < 1.29 is 9.53 Å². The third-order valence-electron chi connectivity index (χ3n) is 2.64. The van der Waals surface area contributed by atoms with Crippen molar-refractivity contribution in [2.75, 3.05) is 5.33 Å². The Labute approximate surface area is 127 Å². The predicted octanol–water partition coefficient (Wildman–Crippen LogP) is 3.79. The summed E-state index contributed by atoms with van der Waals surface area (Å²) in [5.41, 5.74) is 0. The van der Waals surface area contributed by atoms with Crippen molar-refractivity contribution in [2.45, 2.75) is 38.8 Å². The lowest BCUT2D eigenvalue weighted by Gasteiger charge is -2.18. The largest absolute Gasteiger partial charge is 0.481 e. The molecule has 1 rings (SSSR count). The topological polar surface area (TPSA) is 38.3 Å². The van der Waals surface area contributed by atoms with Crippen LogP contribution in [0.15, 0.2) is 24.3 Å². The molecule has 19 heavy (non-hydrogen) atoms. The molecule has 0 aromatic heterocycles. The SMILES string of the molecule is CC(CCCBr)NC(=O)C(C)Oc1cccc(Cl)c1. The second kappa shape index (κ2) is 8.43. The van der Waals surface area contributed by atoms with Gasteiger partial charge < -0.3 is 10.1 Å². The summed E-state index contributed by atoms with van der Waals surface area (Å²) in [6.45, 7) is 3.72. The molecular weight excluding hydrogens is 330 g/mol. The molecule has 0 radical (unpaired) electrons.